The van der Waals surface area contributed by atoms with E-state index in [1.54, 1.807) is 30.6 Å². The van der Waals surface area contributed by atoms with Gasteiger partial charge < -0.3 is 24.5 Å². The number of para-hydroxylation sites is 1. The minimum atomic E-state index is -0.671. The second-order valence-corrected chi connectivity index (χ2v) is 9.24. The van der Waals surface area contributed by atoms with Crippen molar-refractivity contribution in [2.75, 3.05) is 32.8 Å². The number of aliphatic hydroxyl groups excluding tert-OH is 1. The van der Waals surface area contributed by atoms with Gasteiger partial charge in [0, 0.05) is 72.1 Å². The van der Waals surface area contributed by atoms with Crippen molar-refractivity contribution >= 4 is 44.8 Å². The molecule has 6 rings (SSSR count). The van der Waals surface area contributed by atoms with Crippen LogP contribution in [0.5, 0.6) is 5.75 Å². The maximum absolute atomic E-state index is 13.1. The number of benzene rings is 2. The van der Waals surface area contributed by atoms with Gasteiger partial charge in [-0.15, -0.1) is 0 Å². The van der Waals surface area contributed by atoms with E-state index in [0.29, 0.717) is 47.4 Å². The van der Waals surface area contributed by atoms with Crippen LogP contribution in [0.15, 0.2) is 54.9 Å². The summed E-state index contributed by atoms with van der Waals surface area (Å²) < 4.78 is 7.23. The zero-order chi connectivity index (χ0) is 24.8. The largest absolute Gasteiger partial charge is 0.508 e. The van der Waals surface area contributed by atoms with Crippen molar-refractivity contribution < 1.29 is 24.5 Å². The Hall–Kier alpha value is -3.92. The molecule has 2 aromatic heterocycles. The second kappa shape index (κ2) is 8.94. The number of ether oxygens (including phenoxy) is 1. The number of imide groups is 1. The molecule has 1 atom stereocenters. The summed E-state index contributed by atoms with van der Waals surface area (Å²) in [4.78, 5) is 31.4. The molecule has 2 aromatic carbocycles. The molecule has 1 saturated heterocycles. The molecular formula is C27H26N4O5. The van der Waals surface area contributed by atoms with Crippen LogP contribution in [0.4, 0.5) is 0 Å². The van der Waals surface area contributed by atoms with Gasteiger partial charge in [0.15, 0.2) is 0 Å². The summed E-state index contributed by atoms with van der Waals surface area (Å²) in [5, 5.41) is 25.1. The van der Waals surface area contributed by atoms with Crippen molar-refractivity contribution in [3.63, 3.8) is 0 Å². The van der Waals surface area contributed by atoms with Crippen LogP contribution in [0.2, 0.25) is 0 Å². The van der Waals surface area contributed by atoms with E-state index in [0.717, 1.165) is 24.0 Å². The number of hydrogen-bond donors (Lipinski definition) is 4. The highest BCUT2D eigenvalue weighted by Gasteiger charge is 2.35. The van der Waals surface area contributed by atoms with E-state index in [1.165, 1.54) is 0 Å². The van der Waals surface area contributed by atoms with Crippen LogP contribution >= 0.6 is 0 Å². The summed E-state index contributed by atoms with van der Waals surface area (Å²) in [5.74, 6) is -0.845. The molecule has 36 heavy (non-hydrogen) atoms. The number of aromatic nitrogens is 2. The van der Waals surface area contributed by atoms with E-state index >= 15 is 0 Å². The Balaban J connectivity index is 1.46. The first-order chi connectivity index (χ1) is 17.5. The van der Waals surface area contributed by atoms with Crippen molar-refractivity contribution in [2.24, 2.45) is 0 Å². The lowest BCUT2D eigenvalue weighted by Crippen LogP contribution is -2.41. The van der Waals surface area contributed by atoms with Crippen molar-refractivity contribution in [3.05, 3.63) is 66.0 Å². The van der Waals surface area contributed by atoms with Crippen molar-refractivity contribution in [2.45, 2.75) is 12.6 Å². The predicted molar refractivity (Wildman–Crippen MR) is 135 cm³/mol. The number of nitrogens with one attached hydrogen (secondary N) is 2. The maximum Gasteiger partial charge on any atom is 0.259 e. The average Bonchev–Trinajstić information content (AvgIpc) is 3.52. The fraction of sp³-hybridized carbons (Fsp3) is 0.259. The number of phenolic OH excluding ortho intramolecular Hbond substituents is 1. The lowest BCUT2D eigenvalue weighted by molar-refractivity contribution is -0.122. The number of morpholine rings is 1. The lowest BCUT2D eigenvalue weighted by atomic mass is 9.95. The third-order valence-corrected chi connectivity index (χ3v) is 6.91. The SMILES string of the molecule is O=C1NC(=O)C(c2cn(CC(O)CN3CCOCC3)c3cc(O)ccc23)=C1c1c[nH]c2ccccc12. The van der Waals surface area contributed by atoms with Crippen LogP contribution in [-0.2, 0) is 20.9 Å². The van der Waals surface area contributed by atoms with Crippen LogP contribution in [0.3, 0.4) is 0 Å². The van der Waals surface area contributed by atoms with Gasteiger partial charge >= 0.3 is 0 Å². The first kappa shape index (κ1) is 22.5. The van der Waals surface area contributed by atoms with Gasteiger partial charge in [-0.2, -0.15) is 0 Å². The normalized spacial score (nSPS) is 17.9. The molecule has 9 heteroatoms. The molecule has 4 N–H and O–H groups in total. The third kappa shape index (κ3) is 3.87. The molecule has 1 fully saturated rings. The van der Waals surface area contributed by atoms with Crippen LogP contribution in [0, 0.1) is 0 Å². The second-order valence-electron chi connectivity index (χ2n) is 9.24. The van der Waals surface area contributed by atoms with E-state index in [1.807, 2.05) is 28.8 Å². The molecular weight excluding hydrogens is 460 g/mol. The van der Waals surface area contributed by atoms with E-state index in [9.17, 15) is 19.8 Å². The number of amides is 2. The van der Waals surface area contributed by atoms with E-state index < -0.39 is 17.9 Å². The summed E-state index contributed by atoms with van der Waals surface area (Å²) in [6, 6.07) is 12.5. The Kier molecular flexibility index (Phi) is 5.60. The highest BCUT2D eigenvalue weighted by molar-refractivity contribution is 6.50. The van der Waals surface area contributed by atoms with Crippen molar-refractivity contribution in [1.29, 1.82) is 0 Å². The molecule has 0 aliphatic carbocycles. The van der Waals surface area contributed by atoms with Gasteiger partial charge in [-0.1, -0.05) is 18.2 Å². The Morgan fingerprint density at radius 1 is 0.944 bits per heavy atom. The molecule has 1 unspecified atom stereocenters. The van der Waals surface area contributed by atoms with Gasteiger partial charge in [-0.25, -0.2) is 0 Å². The number of aromatic hydroxyl groups is 1. The summed E-state index contributed by atoms with van der Waals surface area (Å²) in [6.45, 7) is 3.57. The maximum atomic E-state index is 13.1. The third-order valence-electron chi connectivity index (χ3n) is 6.91. The topological polar surface area (TPSA) is 120 Å². The molecule has 9 nitrogen and oxygen atoms in total. The Bertz CT molecular complexity index is 1530. The quantitative estimate of drug-likeness (QED) is 0.310. The minimum absolute atomic E-state index is 0.0776. The molecule has 0 radical (unpaired) electrons. The van der Waals surface area contributed by atoms with Crippen LogP contribution in [0.1, 0.15) is 11.1 Å². The van der Waals surface area contributed by atoms with Gasteiger partial charge in [0.1, 0.15) is 5.75 Å². The van der Waals surface area contributed by atoms with Gasteiger partial charge in [0.25, 0.3) is 11.8 Å². The number of aromatic amines is 1. The fourth-order valence-electron chi connectivity index (χ4n) is 5.24. The first-order valence-electron chi connectivity index (χ1n) is 12.0. The van der Waals surface area contributed by atoms with Gasteiger partial charge in [-0.05, 0) is 18.2 Å². The van der Waals surface area contributed by atoms with Gasteiger partial charge in [0.2, 0.25) is 0 Å². The monoisotopic (exact) mass is 486 g/mol. The number of fused-ring (bicyclic) bond motifs is 2. The first-order valence-corrected chi connectivity index (χ1v) is 12.0. The summed E-state index contributed by atoms with van der Waals surface area (Å²) in [7, 11) is 0. The number of aliphatic hydroxyl groups is 1. The standard InChI is InChI=1S/C27H26N4O5/c32-16-5-6-19-21(15-31(23(19)11-16)14-17(33)13-30-7-9-36-10-8-30)25-24(26(34)29-27(25)35)20-12-28-22-4-2-1-3-18(20)22/h1-6,11-12,15,17,28,32-33H,7-10,13-14H2,(H,29,34,35). The molecule has 4 heterocycles. The van der Waals surface area contributed by atoms with Crippen molar-refractivity contribution in [3.8, 4) is 5.75 Å². The predicted octanol–water partition coefficient (Wildman–Crippen LogP) is 2.09. The zero-order valence-electron chi connectivity index (χ0n) is 19.5. The number of β-amino-alcohol motifs (C(OH)–C–C–N with tert-alkyl or cyclic N) is 1. The van der Waals surface area contributed by atoms with E-state index in [-0.39, 0.29) is 17.9 Å². The number of carbonyl (C=O) groups is 2. The number of carbonyl (C=O) groups excluding carboxylic acids is 2. The molecule has 2 aliphatic rings. The van der Waals surface area contributed by atoms with Crippen LogP contribution < -0.4 is 5.32 Å². The molecule has 2 amide bonds. The van der Waals surface area contributed by atoms with Crippen LogP contribution in [-0.4, -0.2) is 75.4 Å². The Labute approximate surface area is 206 Å². The minimum Gasteiger partial charge on any atom is -0.508 e. The molecule has 184 valence electrons. The highest BCUT2D eigenvalue weighted by Crippen LogP contribution is 2.39. The lowest BCUT2D eigenvalue weighted by Gasteiger charge is -2.28. The highest BCUT2D eigenvalue weighted by atomic mass is 16.5. The van der Waals surface area contributed by atoms with Crippen molar-refractivity contribution in [1.82, 2.24) is 19.8 Å². The van der Waals surface area contributed by atoms with Crippen LogP contribution in [0.25, 0.3) is 33.0 Å². The van der Waals surface area contributed by atoms with E-state index in [2.05, 4.69) is 15.2 Å². The van der Waals surface area contributed by atoms with Gasteiger partial charge in [0.05, 0.1) is 36.0 Å². The zero-order valence-corrected chi connectivity index (χ0v) is 19.5. The number of phenols is 1. The summed E-state index contributed by atoms with van der Waals surface area (Å²) in [5.41, 5.74) is 3.34. The number of hydrogen-bond acceptors (Lipinski definition) is 6. The molecule has 2 aliphatic heterocycles. The van der Waals surface area contributed by atoms with E-state index in [4.69, 9.17) is 4.74 Å². The number of nitrogens with zero attached hydrogens (tertiary/aromatic N) is 2. The fourth-order valence-corrected chi connectivity index (χ4v) is 5.24. The summed E-state index contributed by atoms with van der Waals surface area (Å²) >= 11 is 0. The average molecular weight is 487 g/mol. The smallest absolute Gasteiger partial charge is 0.259 e. The Morgan fingerprint density at radius 3 is 2.50 bits per heavy atom. The Morgan fingerprint density at radius 2 is 1.69 bits per heavy atom. The molecule has 0 saturated carbocycles. The molecule has 0 bridgehead atoms. The summed E-state index contributed by atoms with van der Waals surface area (Å²) in [6.07, 6.45) is 2.86. The van der Waals surface area contributed by atoms with Gasteiger partial charge in [-0.3, -0.25) is 19.8 Å². The number of H-pyrrole nitrogens is 1. The number of rotatable bonds is 6. The molecule has 0 spiro atoms. The molecule has 4 aromatic rings.